The lowest BCUT2D eigenvalue weighted by Crippen LogP contribution is -2.42. The highest BCUT2D eigenvalue weighted by Crippen LogP contribution is 2.35. The summed E-state index contributed by atoms with van der Waals surface area (Å²) in [6, 6.07) is 5.39. The minimum absolute atomic E-state index is 0.0870. The van der Waals surface area contributed by atoms with E-state index in [-0.39, 0.29) is 12.1 Å². The average molecular weight is 310 g/mol. The monoisotopic (exact) mass is 310 g/mol. The number of nitrogens with one attached hydrogen (secondary N) is 1. The first kappa shape index (κ1) is 14.8. The van der Waals surface area contributed by atoms with Crippen LogP contribution < -0.4 is 10.1 Å². The van der Waals surface area contributed by atoms with Crippen LogP contribution in [0.1, 0.15) is 24.8 Å². The zero-order valence-corrected chi connectivity index (χ0v) is 13.3. The Hall–Kier alpha value is -1.11. The van der Waals surface area contributed by atoms with E-state index in [9.17, 15) is 8.42 Å². The van der Waals surface area contributed by atoms with Gasteiger partial charge in [-0.25, -0.2) is 8.42 Å². The third kappa shape index (κ3) is 2.56. The highest BCUT2D eigenvalue weighted by Gasteiger charge is 2.43. The highest BCUT2D eigenvalue weighted by molar-refractivity contribution is 7.89. The van der Waals surface area contributed by atoms with Crippen LogP contribution in [0, 0.1) is 6.92 Å². The van der Waals surface area contributed by atoms with E-state index in [0.717, 1.165) is 37.9 Å². The lowest BCUT2D eigenvalue weighted by molar-refractivity contribution is 0.334. The molecule has 6 heteroatoms. The second-order valence-corrected chi connectivity index (χ2v) is 7.66. The van der Waals surface area contributed by atoms with Crippen molar-refractivity contribution in [1.82, 2.24) is 9.62 Å². The Morgan fingerprint density at radius 3 is 2.71 bits per heavy atom. The first-order chi connectivity index (χ1) is 10.0. The van der Waals surface area contributed by atoms with Gasteiger partial charge in [0, 0.05) is 18.6 Å². The SMILES string of the molecule is COc1ccc(S(=O)(=O)N2C3CCNCC2CC3)c(C)c1. The Kier molecular flexibility index (Phi) is 3.94. The van der Waals surface area contributed by atoms with Gasteiger partial charge in [-0.3, -0.25) is 0 Å². The standard InChI is InChI=1S/C15H22N2O3S/c1-11-9-14(20-2)5-6-15(11)21(18,19)17-12-3-4-13(17)10-16-8-7-12/h5-6,9,12-13,16H,3-4,7-8,10H2,1-2H3. The molecule has 2 heterocycles. The molecule has 2 unspecified atom stereocenters. The number of methoxy groups -OCH3 is 1. The van der Waals surface area contributed by atoms with Crippen molar-refractivity contribution in [2.45, 2.75) is 43.2 Å². The summed E-state index contributed by atoms with van der Waals surface area (Å²) in [5.41, 5.74) is 0.742. The van der Waals surface area contributed by atoms with Crippen LogP contribution in [-0.2, 0) is 10.0 Å². The van der Waals surface area contributed by atoms with Gasteiger partial charge < -0.3 is 10.1 Å². The molecule has 2 atom stereocenters. The normalized spacial score (nSPS) is 26.6. The minimum atomic E-state index is -3.44. The van der Waals surface area contributed by atoms with Crippen LogP contribution in [0.5, 0.6) is 5.75 Å². The molecular formula is C15H22N2O3S. The van der Waals surface area contributed by atoms with E-state index in [0.29, 0.717) is 10.6 Å². The van der Waals surface area contributed by atoms with Gasteiger partial charge in [-0.1, -0.05) is 0 Å². The van der Waals surface area contributed by atoms with E-state index < -0.39 is 10.0 Å². The quantitative estimate of drug-likeness (QED) is 0.919. The fraction of sp³-hybridized carbons (Fsp3) is 0.600. The summed E-state index contributed by atoms with van der Waals surface area (Å²) in [6.07, 6.45) is 2.82. The topological polar surface area (TPSA) is 58.6 Å². The molecule has 2 aliphatic rings. The number of ether oxygens (including phenoxy) is 1. The van der Waals surface area contributed by atoms with Crippen molar-refractivity contribution in [2.24, 2.45) is 0 Å². The smallest absolute Gasteiger partial charge is 0.243 e. The molecule has 0 aliphatic carbocycles. The van der Waals surface area contributed by atoms with E-state index in [2.05, 4.69) is 5.32 Å². The van der Waals surface area contributed by atoms with E-state index >= 15 is 0 Å². The van der Waals surface area contributed by atoms with Crippen LogP contribution in [0.25, 0.3) is 0 Å². The first-order valence-corrected chi connectivity index (χ1v) is 8.87. The molecule has 3 rings (SSSR count). The second-order valence-electron chi connectivity index (χ2n) is 5.84. The molecule has 0 spiro atoms. The number of fused-ring (bicyclic) bond motifs is 2. The number of hydrogen-bond acceptors (Lipinski definition) is 4. The van der Waals surface area contributed by atoms with Crippen molar-refractivity contribution >= 4 is 10.0 Å². The third-order valence-electron chi connectivity index (χ3n) is 4.52. The molecule has 2 aliphatic heterocycles. The van der Waals surface area contributed by atoms with Crippen LogP contribution in [0.3, 0.4) is 0 Å². The molecule has 2 fully saturated rings. The van der Waals surface area contributed by atoms with Crippen molar-refractivity contribution in [3.05, 3.63) is 23.8 Å². The number of rotatable bonds is 3. The molecule has 1 aromatic rings. The second kappa shape index (κ2) is 5.59. The number of benzene rings is 1. The molecule has 0 radical (unpaired) electrons. The molecule has 2 bridgehead atoms. The van der Waals surface area contributed by atoms with Crippen LogP contribution in [0.15, 0.2) is 23.1 Å². The predicted molar refractivity (Wildman–Crippen MR) is 81.1 cm³/mol. The molecule has 1 N–H and O–H groups in total. The summed E-state index contributed by atoms with van der Waals surface area (Å²) in [7, 11) is -1.85. The van der Waals surface area contributed by atoms with Gasteiger partial charge in [0.1, 0.15) is 5.75 Å². The minimum Gasteiger partial charge on any atom is -0.497 e. The first-order valence-electron chi connectivity index (χ1n) is 7.43. The summed E-state index contributed by atoms with van der Waals surface area (Å²) in [5.74, 6) is 0.687. The van der Waals surface area contributed by atoms with Crippen LogP contribution >= 0.6 is 0 Å². The van der Waals surface area contributed by atoms with E-state index in [4.69, 9.17) is 4.74 Å². The molecule has 5 nitrogen and oxygen atoms in total. The van der Waals surface area contributed by atoms with Crippen LogP contribution in [0.2, 0.25) is 0 Å². The highest BCUT2D eigenvalue weighted by atomic mass is 32.2. The van der Waals surface area contributed by atoms with E-state index in [1.54, 1.807) is 29.6 Å². The summed E-state index contributed by atoms with van der Waals surface area (Å²) < 4.78 is 33.1. The van der Waals surface area contributed by atoms with Crippen molar-refractivity contribution in [3.63, 3.8) is 0 Å². The van der Waals surface area contributed by atoms with Crippen molar-refractivity contribution in [3.8, 4) is 5.75 Å². The van der Waals surface area contributed by atoms with Gasteiger partial charge in [0.25, 0.3) is 0 Å². The van der Waals surface area contributed by atoms with Crippen molar-refractivity contribution < 1.29 is 13.2 Å². The van der Waals surface area contributed by atoms with Gasteiger partial charge in [0.05, 0.1) is 12.0 Å². The average Bonchev–Trinajstić information content (AvgIpc) is 2.72. The lowest BCUT2D eigenvalue weighted by Gasteiger charge is -2.27. The Morgan fingerprint density at radius 2 is 2.00 bits per heavy atom. The lowest BCUT2D eigenvalue weighted by atomic mass is 10.1. The fourth-order valence-corrected chi connectivity index (χ4v) is 5.59. The number of aryl methyl sites for hydroxylation is 1. The fourth-order valence-electron chi connectivity index (χ4n) is 3.48. The van der Waals surface area contributed by atoms with Gasteiger partial charge in [0.15, 0.2) is 0 Å². The molecule has 2 saturated heterocycles. The molecular weight excluding hydrogens is 288 g/mol. The summed E-state index contributed by atoms with van der Waals surface area (Å²) in [6.45, 7) is 3.48. The largest absolute Gasteiger partial charge is 0.497 e. The van der Waals surface area contributed by atoms with Crippen molar-refractivity contribution in [2.75, 3.05) is 20.2 Å². The Labute approximate surface area is 126 Å². The summed E-state index contributed by atoms with van der Waals surface area (Å²) in [4.78, 5) is 0.405. The molecule has 1 aromatic carbocycles. The molecule has 0 saturated carbocycles. The maximum Gasteiger partial charge on any atom is 0.243 e. The van der Waals surface area contributed by atoms with Gasteiger partial charge in [-0.15, -0.1) is 0 Å². The molecule has 116 valence electrons. The molecule has 21 heavy (non-hydrogen) atoms. The van der Waals surface area contributed by atoms with E-state index in [1.807, 2.05) is 6.92 Å². The number of sulfonamides is 1. The van der Waals surface area contributed by atoms with Crippen LogP contribution in [0.4, 0.5) is 0 Å². The van der Waals surface area contributed by atoms with Gasteiger partial charge in [0.2, 0.25) is 10.0 Å². The number of hydrogen-bond donors (Lipinski definition) is 1. The zero-order valence-electron chi connectivity index (χ0n) is 12.5. The summed E-state index contributed by atoms with van der Waals surface area (Å²) in [5, 5.41) is 3.34. The Morgan fingerprint density at radius 1 is 1.24 bits per heavy atom. The summed E-state index contributed by atoms with van der Waals surface area (Å²) >= 11 is 0. The van der Waals surface area contributed by atoms with Gasteiger partial charge in [-0.2, -0.15) is 4.31 Å². The molecule has 0 aromatic heterocycles. The van der Waals surface area contributed by atoms with Crippen molar-refractivity contribution in [1.29, 1.82) is 0 Å². The van der Waals surface area contributed by atoms with Crippen LogP contribution in [-0.4, -0.2) is 45.0 Å². The Balaban J connectivity index is 2.00. The van der Waals surface area contributed by atoms with E-state index in [1.165, 1.54) is 0 Å². The number of nitrogens with zero attached hydrogens (tertiary/aromatic N) is 1. The zero-order chi connectivity index (χ0) is 15.0. The third-order valence-corrected chi connectivity index (χ3v) is 6.69. The maximum absolute atomic E-state index is 13.1. The van der Waals surface area contributed by atoms with Gasteiger partial charge >= 0.3 is 0 Å². The maximum atomic E-state index is 13.1. The molecule has 0 amide bonds. The van der Waals surface area contributed by atoms with Gasteiger partial charge in [-0.05, 0) is 56.5 Å². The predicted octanol–water partition coefficient (Wildman–Crippen LogP) is 1.52. The Bertz CT molecular complexity index is 616.